The maximum Gasteiger partial charge on any atom is 0.318 e. The number of allylic oxidation sites excluding steroid dienone is 1. The molecule has 4 N–H and O–H groups in total. The van der Waals surface area contributed by atoms with Crippen LogP contribution in [-0.2, 0) is 14.4 Å². The molecule has 0 aromatic carbocycles. The number of aromatic nitrogens is 1. The summed E-state index contributed by atoms with van der Waals surface area (Å²) in [5.41, 5.74) is 6.37. The highest BCUT2D eigenvalue weighted by molar-refractivity contribution is 8.01. The molecule has 23 heavy (non-hydrogen) atoms. The molecule has 2 fully saturated rings. The zero-order valence-corrected chi connectivity index (χ0v) is 13.7. The predicted molar refractivity (Wildman–Crippen MR) is 86.6 cm³/mol. The molecule has 10 heteroatoms. The normalized spacial score (nSPS) is 26.7. The van der Waals surface area contributed by atoms with E-state index in [1.807, 2.05) is 0 Å². The van der Waals surface area contributed by atoms with Gasteiger partial charge in [-0.2, -0.15) is 0 Å². The first-order valence-corrected chi connectivity index (χ1v) is 8.62. The first kappa shape index (κ1) is 15.8. The van der Waals surface area contributed by atoms with Gasteiger partial charge in [-0.25, -0.2) is 4.98 Å². The number of nitrogens with one attached hydrogen (secondary N) is 1. The van der Waals surface area contributed by atoms with Gasteiger partial charge in [0, 0.05) is 11.9 Å². The number of nitrogens with zero attached hydrogens (tertiary/aromatic N) is 2. The molecule has 0 radical (unpaired) electrons. The Morgan fingerprint density at radius 1 is 1.57 bits per heavy atom. The van der Waals surface area contributed by atoms with Crippen LogP contribution in [0.3, 0.4) is 0 Å². The lowest BCUT2D eigenvalue weighted by molar-refractivity contribution is -0.147. The number of hydrogen-bond donors (Lipinski definition) is 3. The number of carboxylic acids is 1. The smallest absolute Gasteiger partial charge is 0.318 e. The van der Waals surface area contributed by atoms with E-state index in [0.29, 0.717) is 16.4 Å². The molecule has 0 spiro atoms. The average Bonchev–Trinajstić information content (AvgIpc) is 3.10. The monoisotopic (exact) mass is 354 g/mol. The largest absolute Gasteiger partial charge is 0.480 e. The number of hydrogen-bond acceptors (Lipinski definition) is 7. The van der Waals surface area contributed by atoms with Gasteiger partial charge in [0.1, 0.15) is 16.7 Å². The number of nitrogen functional groups attached to an aromatic ring is 1. The number of amides is 2. The van der Waals surface area contributed by atoms with Crippen molar-refractivity contribution in [3.8, 4) is 0 Å². The summed E-state index contributed by atoms with van der Waals surface area (Å²) in [6.45, 7) is 1.87. The van der Waals surface area contributed by atoms with Crippen LogP contribution in [0.15, 0.2) is 11.5 Å². The maximum atomic E-state index is 12.4. The number of anilines is 1. The van der Waals surface area contributed by atoms with Crippen LogP contribution in [0.1, 0.15) is 12.6 Å². The molecule has 8 nitrogen and oxygen atoms in total. The molecule has 1 aromatic heterocycles. The fourth-order valence-electron chi connectivity index (χ4n) is 2.55. The Morgan fingerprint density at radius 3 is 2.87 bits per heavy atom. The lowest BCUT2D eigenvalue weighted by atomic mass is 10.1. The van der Waals surface area contributed by atoms with Crippen LogP contribution < -0.4 is 11.1 Å². The van der Waals surface area contributed by atoms with Gasteiger partial charge < -0.3 is 21.1 Å². The molecule has 3 atom stereocenters. The van der Waals surface area contributed by atoms with Gasteiger partial charge in [-0.3, -0.25) is 14.4 Å². The van der Waals surface area contributed by atoms with E-state index >= 15 is 0 Å². The van der Waals surface area contributed by atoms with Crippen LogP contribution in [0.4, 0.5) is 5.13 Å². The zero-order chi connectivity index (χ0) is 16.7. The van der Waals surface area contributed by atoms with Crippen LogP contribution >= 0.6 is 23.1 Å². The topological polar surface area (TPSA) is 126 Å². The van der Waals surface area contributed by atoms with E-state index in [-0.39, 0.29) is 17.8 Å². The Kier molecular flexibility index (Phi) is 4.02. The van der Waals surface area contributed by atoms with E-state index in [0.717, 1.165) is 0 Å². The Bertz CT molecular complexity index is 717. The number of nitrogens with two attached hydrogens (primary N) is 1. The highest BCUT2D eigenvalue weighted by atomic mass is 32.2. The van der Waals surface area contributed by atoms with Crippen molar-refractivity contribution in [3.05, 3.63) is 17.2 Å². The zero-order valence-electron chi connectivity index (χ0n) is 12.1. The quantitative estimate of drug-likeness (QED) is 0.512. The summed E-state index contributed by atoms with van der Waals surface area (Å²) in [5, 5.41) is 12.8. The number of fused-ring (bicyclic) bond motifs is 1. The highest BCUT2D eigenvalue weighted by Crippen LogP contribution is 2.40. The predicted octanol–water partition coefficient (Wildman–Crippen LogP) is -0.0183. The van der Waals surface area contributed by atoms with Gasteiger partial charge in [-0.15, -0.1) is 23.1 Å². The third-order valence-corrected chi connectivity index (χ3v) is 5.86. The van der Waals surface area contributed by atoms with Crippen molar-refractivity contribution in [3.63, 3.8) is 0 Å². The van der Waals surface area contributed by atoms with E-state index in [2.05, 4.69) is 10.3 Å². The summed E-state index contributed by atoms with van der Waals surface area (Å²) in [7, 11) is 0. The Balaban J connectivity index is 1.69. The second-order valence-corrected chi connectivity index (χ2v) is 7.28. The van der Waals surface area contributed by atoms with E-state index < -0.39 is 23.2 Å². The van der Waals surface area contributed by atoms with Gasteiger partial charge >= 0.3 is 5.97 Å². The van der Waals surface area contributed by atoms with Crippen LogP contribution in [0.5, 0.6) is 0 Å². The molecule has 122 valence electrons. The molecule has 2 aliphatic heterocycles. The Labute approximate surface area is 139 Å². The number of aliphatic carboxylic acids is 1. The molecule has 0 saturated carbocycles. The van der Waals surface area contributed by atoms with Crippen LogP contribution in [0.25, 0.3) is 5.57 Å². The number of thiazole rings is 1. The number of β-lactam (4-membered cyclic amide) rings is 1. The molecule has 0 aliphatic carbocycles. The van der Waals surface area contributed by atoms with Gasteiger partial charge in [0.25, 0.3) is 5.91 Å². The summed E-state index contributed by atoms with van der Waals surface area (Å²) in [4.78, 5) is 41.0. The summed E-state index contributed by atoms with van der Waals surface area (Å²) in [5.74, 6) is -1.63. The lowest BCUT2D eigenvalue weighted by Crippen LogP contribution is -2.67. The first-order chi connectivity index (χ1) is 10.9. The van der Waals surface area contributed by atoms with Gasteiger partial charge in [-0.05, 0) is 6.92 Å². The summed E-state index contributed by atoms with van der Waals surface area (Å²) in [6.07, 6.45) is 1.60. The van der Waals surface area contributed by atoms with Crippen molar-refractivity contribution >= 4 is 51.6 Å². The summed E-state index contributed by atoms with van der Waals surface area (Å²) >= 11 is 2.40. The molecular formula is C13H14N4O4S2. The third kappa shape index (κ3) is 2.68. The van der Waals surface area contributed by atoms with Gasteiger partial charge in [0.05, 0.1) is 11.3 Å². The van der Waals surface area contributed by atoms with Gasteiger partial charge in [0.15, 0.2) is 5.13 Å². The fourth-order valence-corrected chi connectivity index (χ4v) is 4.50. The second-order valence-electron chi connectivity index (χ2n) is 5.07. The second kappa shape index (κ2) is 5.85. The van der Waals surface area contributed by atoms with Crippen molar-refractivity contribution in [1.82, 2.24) is 15.2 Å². The van der Waals surface area contributed by atoms with Gasteiger partial charge in [0.2, 0.25) is 5.91 Å². The van der Waals surface area contributed by atoms with Crippen molar-refractivity contribution in [2.75, 3.05) is 12.3 Å². The minimum Gasteiger partial charge on any atom is -0.480 e. The molecule has 0 bridgehead atoms. The van der Waals surface area contributed by atoms with Gasteiger partial charge in [-0.1, -0.05) is 6.08 Å². The molecule has 2 amide bonds. The van der Waals surface area contributed by atoms with E-state index in [9.17, 15) is 14.4 Å². The molecule has 1 aromatic rings. The number of carbonyl (C=O) groups is 3. The number of thioether (sulfide) groups is 1. The van der Waals surface area contributed by atoms with E-state index in [4.69, 9.17) is 10.8 Å². The molecule has 2 aliphatic rings. The van der Waals surface area contributed by atoms with Crippen LogP contribution in [-0.4, -0.2) is 56.0 Å². The van der Waals surface area contributed by atoms with Crippen molar-refractivity contribution in [1.29, 1.82) is 0 Å². The maximum absolute atomic E-state index is 12.4. The lowest BCUT2D eigenvalue weighted by Gasteiger charge is -2.41. The van der Waals surface area contributed by atoms with Crippen molar-refractivity contribution in [2.24, 2.45) is 0 Å². The Hall–Kier alpha value is -2.07. The summed E-state index contributed by atoms with van der Waals surface area (Å²) < 4.78 is 0. The number of carbonyl (C=O) groups excluding carboxylic acids is 2. The summed E-state index contributed by atoms with van der Waals surface area (Å²) in [6, 6.07) is -0.706. The van der Waals surface area contributed by atoms with E-state index in [1.165, 1.54) is 28.0 Å². The molecule has 2 saturated heterocycles. The fraction of sp³-hybridized carbons (Fsp3) is 0.385. The Morgan fingerprint density at radius 2 is 2.30 bits per heavy atom. The first-order valence-electron chi connectivity index (χ1n) is 6.79. The molecule has 2 unspecified atom stereocenters. The SMILES string of the molecule is CC=C(C(=O)NC1C(=O)N2CC(C(=O)O)S[C@H]12)c1csc(N)n1. The minimum atomic E-state index is -0.950. The number of carboxylic acid groups (broad SMARTS) is 1. The van der Waals surface area contributed by atoms with E-state index in [1.54, 1.807) is 18.4 Å². The molecule has 3 rings (SSSR count). The van der Waals surface area contributed by atoms with Crippen molar-refractivity contribution in [2.45, 2.75) is 23.6 Å². The van der Waals surface area contributed by atoms with Crippen LogP contribution in [0.2, 0.25) is 0 Å². The molecular weight excluding hydrogens is 340 g/mol. The van der Waals surface area contributed by atoms with Crippen LogP contribution in [0, 0.1) is 0 Å². The minimum absolute atomic E-state index is 0.176. The van der Waals surface area contributed by atoms with Crippen molar-refractivity contribution < 1.29 is 19.5 Å². The molecule has 3 heterocycles. The average molecular weight is 354 g/mol. The highest BCUT2D eigenvalue weighted by Gasteiger charge is 2.55. The standard InChI is InChI=1S/C13H14N4O4S2/c1-2-5(6-4-22-13(14)15-6)9(18)16-8-10(19)17-3-7(12(20)21)23-11(8)17/h2,4,7-8,11H,3H2,1H3,(H2,14,15)(H,16,18)(H,20,21)/t7?,8?,11-/m1/s1. The third-order valence-electron chi connectivity index (χ3n) is 3.70. The number of rotatable bonds is 4.